The zero-order valence-corrected chi connectivity index (χ0v) is 9.59. The van der Waals surface area contributed by atoms with Crippen molar-refractivity contribution in [2.75, 3.05) is 17.7 Å². The van der Waals surface area contributed by atoms with Crippen molar-refractivity contribution >= 4 is 17.1 Å². The van der Waals surface area contributed by atoms with Crippen molar-refractivity contribution in [1.29, 1.82) is 5.26 Å². The van der Waals surface area contributed by atoms with Gasteiger partial charge in [0, 0.05) is 12.7 Å². The van der Waals surface area contributed by atoms with Crippen molar-refractivity contribution in [2.24, 2.45) is 0 Å². The summed E-state index contributed by atoms with van der Waals surface area (Å²) in [6.07, 6.45) is 0. The number of nitrogens with zero attached hydrogens (tertiary/aromatic N) is 2. The SMILES string of the molecule is CN(c1ccccc1)c1cccc(C#N)c1N. The molecule has 2 N–H and O–H groups in total. The second kappa shape index (κ2) is 4.58. The third-order valence-electron chi connectivity index (χ3n) is 2.71. The van der Waals surface area contributed by atoms with Gasteiger partial charge < -0.3 is 10.6 Å². The van der Waals surface area contributed by atoms with Gasteiger partial charge in [0.25, 0.3) is 0 Å². The van der Waals surface area contributed by atoms with E-state index in [-0.39, 0.29) is 0 Å². The minimum atomic E-state index is 0.505. The van der Waals surface area contributed by atoms with Gasteiger partial charge in [0.05, 0.1) is 16.9 Å². The van der Waals surface area contributed by atoms with E-state index in [0.29, 0.717) is 11.3 Å². The number of para-hydroxylation sites is 2. The predicted octanol–water partition coefficient (Wildman–Crippen LogP) is 2.91. The molecule has 0 aromatic heterocycles. The molecule has 0 saturated heterocycles. The first kappa shape index (κ1) is 11.0. The molecule has 3 heteroatoms. The van der Waals surface area contributed by atoms with Gasteiger partial charge in [0.2, 0.25) is 0 Å². The molecule has 0 unspecified atom stereocenters. The Morgan fingerprint density at radius 1 is 1.06 bits per heavy atom. The Morgan fingerprint density at radius 3 is 2.41 bits per heavy atom. The van der Waals surface area contributed by atoms with Gasteiger partial charge in [-0.1, -0.05) is 24.3 Å². The van der Waals surface area contributed by atoms with Gasteiger partial charge in [-0.3, -0.25) is 0 Å². The highest BCUT2D eigenvalue weighted by Gasteiger charge is 2.09. The Labute approximate surface area is 101 Å². The molecule has 2 aromatic rings. The highest BCUT2D eigenvalue weighted by molar-refractivity contribution is 5.78. The number of anilines is 3. The molecule has 0 saturated carbocycles. The maximum Gasteiger partial charge on any atom is 0.101 e. The summed E-state index contributed by atoms with van der Waals surface area (Å²) in [6, 6.07) is 17.5. The Hall–Kier alpha value is -2.47. The number of nitrogen functional groups attached to an aromatic ring is 1. The summed E-state index contributed by atoms with van der Waals surface area (Å²) in [6.45, 7) is 0. The van der Waals surface area contributed by atoms with Crippen LogP contribution in [0.2, 0.25) is 0 Å². The van der Waals surface area contributed by atoms with Crippen molar-refractivity contribution < 1.29 is 0 Å². The van der Waals surface area contributed by atoms with E-state index < -0.39 is 0 Å². The molecule has 0 aliphatic carbocycles. The predicted molar refractivity (Wildman–Crippen MR) is 70.1 cm³/mol. The van der Waals surface area contributed by atoms with Gasteiger partial charge in [0.15, 0.2) is 0 Å². The van der Waals surface area contributed by atoms with Crippen LogP contribution in [-0.4, -0.2) is 7.05 Å². The molecule has 0 heterocycles. The molecule has 0 fully saturated rings. The van der Waals surface area contributed by atoms with E-state index in [1.165, 1.54) is 0 Å². The molecule has 0 radical (unpaired) electrons. The fourth-order valence-corrected chi connectivity index (χ4v) is 1.73. The van der Waals surface area contributed by atoms with Gasteiger partial charge in [0.1, 0.15) is 6.07 Å². The van der Waals surface area contributed by atoms with Gasteiger partial charge in [-0.2, -0.15) is 5.26 Å². The first-order valence-corrected chi connectivity index (χ1v) is 5.31. The van der Waals surface area contributed by atoms with Crippen LogP contribution in [0.3, 0.4) is 0 Å². The van der Waals surface area contributed by atoms with E-state index in [0.717, 1.165) is 11.4 Å². The smallest absolute Gasteiger partial charge is 0.101 e. The zero-order valence-electron chi connectivity index (χ0n) is 9.59. The second-order valence-corrected chi connectivity index (χ2v) is 3.74. The lowest BCUT2D eigenvalue weighted by atomic mass is 10.1. The highest BCUT2D eigenvalue weighted by Crippen LogP contribution is 2.30. The van der Waals surface area contributed by atoms with Crippen LogP contribution in [0.5, 0.6) is 0 Å². The van der Waals surface area contributed by atoms with Crippen molar-refractivity contribution in [1.82, 2.24) is 0 Å². The molecule has 0 aliphatic rings. The number of hydrogen-bond donors (Lipinski definition) is 1. The molecule has 0 atom stereocenters. The first-order valence-electron chi connectivity index (χ1n) is 5.31. The Bertz CT molecular complexity index is 555. The summed E-state index contributed by atoms with van der Waals surface area (Å²) in [5.41, 5.74) is 8.87. The fraction of sp³-hybridized carbons (Fsp3) is 0.0714. The number of benzene rings is 2. The molecule has 0 spiro atoms. The van der Waals surface area contributed by atoms with Crippen LogP contribution in [0.1, 0.15) is 5.56 Å². The summed E-state index contributed by atoms with van der Waals surface area (Å²) >= 11 is 0. The second-order valence-electron chi connectivity index (χ2n) is 3.74. The third kappa shape index (κ3) is 2.06. The molecular formula is C14H13N3. The van der Waals surface area contributed by atoms with Crippen LogP contribution >= 0.6 is 0 Å². The lowest BCUT2D eigenvalue weighted by Gasteiger charge is -2.21. The molecule has 0 amide bonds. The molecule has 0 aliphatic heterocycles. The van der Waals surface area contributed by atoms with E-state index in [9.17, 15) is 0 Å². The molecule has 3 nitrogen and oxygen atoms in total. The van der Waals surface area contributed by atoms with Crippen molar-refractivity contribution in [3.63, 3.8) is 0 Å². The summed E-state index contributed by atoms with van der Waals surface area (Å²) in [5.74, 6) is 0. The molecule has 84 valence electrons. The van der Waals surface area contributed by atoms with Crippen LogP contribution in [0, 0.1) is 11.3 Å². The highest BCUT2D eigenvalue weighted by atomic mass is 15.1. The van der Waals surface area contributed by atoms with Gasteiger partial charge >= 0.3 is 0 Å². The summed E-state index contributed by atoms with van der Waals surface area (Å²) in [5, 5.41) is 8.95. The summed E-state index contributed by atoms with van der Waals surface area (Å²) in [4.78, 5) is 1.97. The van der Waals surface area contributed by atoms with Gasteiger partial charge in [-0.05, 0) is 24.3 Å². The Balaban J connectivity index is 2.45. The van der Waals surface area contributed by atoms with E-state index in [1.54, 1.807) is 6.07 Å². The standard InChI is InChI=1S/C14H13N3/c1-17(12-7-3-2-4-8-12)13-9-5-6-11(10-15)14(13)16/h2-9H,16H2,1H3. The molecule has 17 heavy (non-hydrogen) atoms. The fourth-order valence-electron chi connectivity index (χ4n) is 1.73. The average molecular weight is 223 g/mol. The van der Waals surface area contributed by atoms with Gasteiger partial charge in [-0.25, -0.2) is 0 Å². The third-order valence-corrected chi connectivity index (χ3v) is 2.71. The normalized spacial score (nSPS) is 9.65. The van der Waals surface area contributed by atoms with E-state index in [1.807, 2.05) is 54.4 Å². The zero-order chi connectivity index (χ0) is 12.3. The maximum atomic E-state index is 8.95. The van der Waals surface area contributed by atoms with Crippen LogP contribution in [-0.2, 0) is 0 Å². The lowest BCUT2D eigenvalue weighted by molar-refractivity contribution is 1.21. The maximum absolute atomic E-state index is 8.95. The molecular weight excluding hydrogens is 210 g/mol. The van der Waals surface area contributed by atoms with Crippen molar-refractivity contribution in [2.45, 2.75) is 0 Å². The van der Waals surface area contributed by atoms with Gasteiger partial charge in [-0.15, -0.1) is 0 Å². The first-order chi connectivity index (χ1) is 8.24. The van der Waals surface area contributed by atoms with Crippen LogP contribution in [0.25, 0.3) is 0 Å². The van der Waals surface area contributed by atoms with Crippen LogP contribution < -0.4 is 10.6 Å². The number of nitriles is 1. The molecule has 0 bridgehead atoms. The topological polar surface area (TPSA) is 53.0 Å². The number of rotatable bonds is 2. The molecule has 2 rings (SSSR count). The largest absolute Gasteiger partial charge is 0.396 e. The van der Waals surface area contributed by atoms with Crippen molar-refractivity contribution in [3.8, 4) is 6.07 Å². The van der Waals surface area contributed by atoms with E-state index in [4.69, 9.17) is 11.0 Å². The quantitative estimate of drug-likeness (QED) is 0.796. The summed E-state index contributed by atoms with van der Waals surface area (Å²) < 4.78 is 0. The molecule has 2 aromatic carbocycles. The van der Waals surface area contributed by atoms with E-state index >= 15 is 0 Å². The monoisotopic (exact) mass is 223 g/mol. The van der Waals surface area contributed by atoms with Crippen molar-refractivity contribution in [3.05, 3.63) is 54.1 Å². The van der Waals surface area contributed by atoms with E-state index in [2.05, 4.69) is 6.07 Å². The number of hydrogen-bond acceptors (Lipinski definition) is 3. The van der Waals surface area contributed by atoms with Crippen LogP contribution in [0.15, 0.2) is 48.5 Å². The minimum absolute atomic E-state index is 0.505. The Kier molecular flexibility index (Phi) is 2.97. The van der Waals surface area contributed by atoms with Crippen LogP contribution in [0.4, 0.5) is 17.1 Å². The lowest BCUT2D eigenvalue weighted by Crippen LogP contribution is -2.12. The Morgan fingerprint density at radius 2 is 1.76 bits per heavy atom. The summed E-state index contributed by atoms with van der Waals surface area (Å²) in [7, 11) is 1.93. The minimum Gasteiger partial charge on any atom is -0.396 e. The number of nitrogens with two attached hydrogens (primary N) is 1. The average Bonchev–Trinajstić information content (AvgIpc) is 2.39.